The number of rotatable bonds is 5. The zero-order chi connectivity index (χ0) is 13.0. The van der Waals surface area contributed by atoms with Crippen LogP contribution in [-0.2, 0) is 9.59 Å². The van der Waals surface area contributed by atoms with Gasteiger partial charge in [-0.25, -0.2) is 4.39 Å². The fraction of sp³-hybridized carbons (Fsp3) is 0.273. The third kappa shape index (κ3) is 3.25. The second-order valence-corrected chi connectivity index (χ2v) is 3.59. The summed E-state index contributed by atoms with van der Waals surface area (Å²) in [5.74, 6) is -4.56. The fourth-order valence-corrected chi connectivity index (χ4v) is 1.47. The molecule has 2 atom stereocenters. The van der Waals surface area contributed by atoms with Crippen LogP contribution in [0.15, 0.2) is 24.3 Å². The Hall–Kier alpha value is -1.95. The van der Waals surface area contributed by atoms with Crippen molar-refractivity contribution in [1.29, 1.82) is 0 Å². The molecule has 0 aromatic heterocycles. The first kappa shape index (κ1) is 13.1. The smallest absolute Gasteiger partial charge is 0.320 e. The summed E-state index contributed by atoms with van der Waals surface area (Å²) in [6, 6.07) is 4.01. The Bertz CT molecular complexity index is 435. The molecule has 17 heavy (non-hydrogen) atoms. The number of benzene rings is 1. The predicted molar refractivity (Wildman–Crippen MR) is 57.0 cm³/mol. The Balaban J connectivity index is 2.99. The summed E-state index contributed by atoms with van der Waals surface area (Å²) >= 11 is 0. The van der Waals surface area contributed by atoms with E-state index in [0.717, 1.165) is 6.07 Å². The summed E-state index contributed by atoms with van der Waals surface area (Å²) in [5.41, 5.74) is 5.20. The zero-order valence-electron chi connectivity index (χ0n) is 8.84. The Morgan fingerprint density at radius 2 is 1.82 bits per heavy atom. The molecule has 0 saturated carbocycles. The first-order valence-corrected chi connectivity index (χ1v) is 4.89. The highest BCUT2D eigenvalue weighted by atomic mass is 19.1. The number of carbonyl (C=O) groups is 2. The lowest BCUT2D eigenvalue weighted by Gasteiger charge is -2.15. The van der Waals surface area contributed by atoms with E-state index in [1.807, 2.05) is 0 Å². The van der Waals surface area contributed by atoms with Crippen molar-refractivity contribution in [3.8, 4) is 0 Å². The molecule has 0 radical (unpaired) electrons. The number of hydrogen-bond acceptors (Lipinski definition) is 3. The van der Waals surface area contributed by atoms with E-state index in [0.29, 0.717) is 0 Å². The lowest BCUT2D eigenvalue weighted by molar-refractivity contribution is -0.141. The van der Waals surface area contributed by atoms with E-state index in [-0.39, 0.29) is 12.0 Å². The van der Waals surface area contributed by atoms with Crippen molar-refractivity contribution in [2.75, 3.05) is 0 Å². The van der Waals surface area contributed by atoms with Crippen molar-refractivity contribution < 1.29 is 24.2 Å². The molecule has 1 aromatic carbocycles. The van der Waals surface area contributed by atoms with Gasteiger partial charge in [0.1, 0.15) is 11.9 Å². The Labute approximate surface area is 96.7 Å². The van der Waals surface area contributed by atoms with Crippen LogP contribution in [0.2, 0.25) is 0 Å². The molecule has 92 valence electrons. The summed E-state index contributed by atoms with van der Waals surface area (Å²) in [5, 5.41) is 17.6. The molecule has 1 rings (SSSR count). The van der Waals surface area contributed by atoms with Crippen LogP contribution >= 0.6 is 0 Å². The normalized spacial score (nSPS) is 14.0. The van der Waals surface area contributed by atoms with Crippen molar-refractivity contribution in [3.05, 3.63) is 35.6 Å². The molecular formula is C11H12FNO4. The van der Waals surface area contributed by atoms with E-state index in [4.69, 9.17) is 15.9 Å². The molecule has 1 unspecified atom stereocenters. The van der Waals surface area contributed by atoms with Crippen molar-refractivity contribution in [2.45, 2.75) is 18.4 Å². The highest BCUT2D eigenvalue weighted by molar-refractivity contribution is 5.79. The zero-order valence-corrected chi connectivity index (χ0v) is 8.84. The van der Waals surface area contributed by atoms with E-state index < -0.39 is 29.7 Å². The number of hydrogen-bond donors (Lipinski definition) is 3. The molecule has 5 nitrogen and oxygen atoms in total. The molecule has 0 heterocycles. The van der Waals surface area contributed by atoms with Crippen LogP contribution in [0.5, 0.6) is 0 Å². The lowest BCUT2D eigenvalue weighted by atomic mass is 9.92. The molecule has 6 heteroatoms. The average molecular weight is 241 g/mol. The van der Waals surface area contributed by atoms with Crippen molar-refractivity contribution >= 4 is 11.9 Å². The van der Waals surface area contributed by atoms with Crippen molar-refractivity contribution in [3.63, 3.8) is 0 Å². The second kappa shape index (κ2) is 5.40. The SMILES string of the molecule is N[C@@H](CC(C(=O)O)c1ccccc1F)C(=O)O. The Morgan fingerprint density at radius 1 is 1.24 bits per heavy atom. The third-order valence-corrected chi connectivity index (χ3v) is 2.39. The quantitative estimate of drug-likeness (QED) is 0.707. The molecule has 0 bridgehead atoms. The standard InChI is InChI=1S/C11H12FNO4/c12-8-4-2-1-3-6(8)7(10(14)15)5-9(13)11(16)17/h1-4,7,9H,5,13H2,(H,14,15)(H,16,17)/t7?,9-/m0/s1. The summed E-state index contributed by atoms with van der Waals surface area (Å²) in [6.45, 7) is 0. The Morgan fingerprint density at radius 3 is 2.29 bits per heavy atom. The van der Waals surface area contributed by atoms with Gasteiger partial charge in [0.15, 0.2) is 0 Å². The molecule has 0 aliphatic rings. The predicted octanol–water partition coefficient (Wildman–Crippen LogP) is 0.796. The lowest BCUT2D eigenvalue weighted by Crippen LogP contribution is -2.33. The average Bonchev–Trinajstić information content (AvgIpc) is 2.26. The molecule has 0 aliphatic heterocycles. The van der Waals surface area contributed by atoms with Gasteiger partial charge >= 0.3 is 11.9 Å². The fourth-order valence-electron chi connectivity index (χ4n) is 1.47. The van der Waals surface area contributed by atoms with Gasteiger partial charge < -0.3 is 15.9 Å². The summed E-state index contributed by atoms with van der Waals surface area (Å²) in [4.78, 5) is 21.6. The monoisotopic (exact) mass is 241 g/mol. The van der Waals surface area contributed by atoms with Crippen molar-refractivity contribution in [2.24, 2.45) is 5.73 Å². The van der Waals surface area contributed by atoms with Crippen LogP contribution in [0.3, 0.4) is 0 Å². The summed E-state index contributed by atoms with van der Waals surface area (Å²) < 4.78 is 13.4. The molecular weight excluding hydrogens is 229 g/mol. The van der Waals surface area contributed by atoms with Gasteiger partial charge in [0.25, 0.3) is 0 Å². The number of nitrogens with two attached hydrogens (primary N) is 1. The molecule has 0 fully saturated rings. The minimum absolute atomic E-state index is 0.0586. The van der Waals surface area contributed by atoms with Crippen molar-refractivity contribution in [1.82, 2.24) is 0 Å². The van der Waals surface area contributed by atoms with Gasteiger partial charge in [0, 0.05) is 5.56 Å². The minimum atomic E-state index is -1.34. The van der Waals surface area contributed by atoms with Crippen LogP contribution in [0.1, 0.15) is 17.9 Å². The van der Waals surface area contributed by atoms with Gasteiger partial charge in [0.2, 0.25) is 0 Å². The van der Waals surface area contributed by atoms with Gasteiger partial charge in [-0.05, 0) is 12.5 Å². The maximum Gasteiger partial charge on any atom is 0.320 e. The van der Waals surface area contributed by atoms with Crippen LogP contribution in [0.4, 0.5) is 4.39 Å². The van der Waals surface area contributed by atoms with Crippen LogP contribution in [-0.4, -0.2) is 28.2 Å². The first-order chi connectivity index (χ1) is 7.93. The molecule has 1 aromatic rings. The summed E-state index contributed by atoms with van der Waals surface area (Å²) in [6.07, 6.45) is -0.356. The van der Waals surface area contributed by atoms with E-state index in [2.05, 4.69) is 0 Å². The third-order valence-electron chi connectivity index (χ3n) is 2.39. The maximum atomic E-state index is 13.4. The number of carboxylic acid groups (broad SMARTS) is 2. The molecule has 0 amide bonds. The largest absolute Gasteiger partial charge is 0.481 e. The molecule has 4 N–H and O–H groups in total. The molecule has 0 saturated heterocycles. The molecule has 0 spiro atoms. The topological polar surface area (TPSA) is 101 Å². The highest BCUT2D eigenvalue weighted by Crippen LogP contribution is 2.23. The van der Waals surface area contributed by atoms with Crippen LogP contribution < -0.4 is 5.73 Å². The maximum absolute atomic E-state index is 13.4. The van der Waals surface area contributed by atoms with E-state index in [1.54, 1.807) is 0 Å². The first-order valence-electron chi connectivity index (χ1n) is 4.89. The van der Waals surface area contributed by atoms with Gasteiger partial charge in [-0.15, -0.1) is 0 Å². The second-order valence-electron chi connectivity index (χ2n) is 3.59. The van der Waals surface area contributed by atoms with Gasteiger partial charge in [-0.2, -0.15) is 0 Å². The van der Waals surface area contributed by atoms with E-state index in [9.17, 15) is 14.0 Å². The van der Waals surface area contributed by atoms with Gasteiger partial charge in [-0.3, -0.25) is 9.59 Å². The number of halogens is 1. The molecule has 0 aliphatic carbocycles. The summed E-state index contributed by atoms with van der Waals surface area (Å²) in [7, 11) is 0. The highest BCUT2D eigenvalue weighted by Gasteiger charge is 2.27. The van der Waals surface area contributed by atoms with E-state index in [1.165, 1.54) is 18.2 Å². The number of aliphatic carboxylic acids is 2. The number of carboxylic acids is 2. The van der Waals surface area contributed by atoms with Crippen LogP contribution in [0.25, 0.3) is 0 Å². The van der Waals surface area contributed by atoms with Gasteiger partial charge in [-0.1, -0.05) is 18.2 Å². The Kier molecular flexibility index (Phi) is 4.17. The minimum Gasteiger partial charge on any atom is -0.481 e. The van der Waals surface area contributed by atoms with Crippen LogP contribution in [0, 0.1) is 5.82 Å². The van der Waals surface area contributed by atoms with Gasteiger partial charge in [0.05, 0.1) is 5.92 Å². The van der Waals surface area contributed by atoms with E-state index >= 15 is 0 Å².